The molecule has 0 saturated carbocycles. The number of esters is 1. The van der Waals surface area contributed by atoms with Crippen molar-refractivity contribution < 1.29 is 14.3 Å². The molecule has 0 spiro atoms. The van der Waals surface area contributed by atoms with Gasteiger partial charge in [0.15, 0.2) is 5.76 Å². The minimum absolute atomic E-state index is 0.128. The van der Waals surface area contributed by atoms with Gasteiger partial charge in [0, 0.05) is 6.42 Å². The summed E-state index contributed by atoms with van der Waals surface area (Å²) in [5, 5.41) is 0. The predicted molar refractivity (Wildman–Crippen MR) is 57.0 cm³/mol. The summed E-state index contributed by atoms with van der Waals surface area (Å²) >= 11 is 0. The number of carbonyl (C=O) groups is 2. The third-order valence-corrected chi connectivity index (χ3v) is 2.25. The maximum atomic E-state index is 11.6. The Hall–Kier alpha value is -1.38. The molecule has 1 rings (SSSR count). The number of hydrogen-bond donors (Lipinski definition) is 0. The van der Waals surface area contributed by atoms with Crippen molar-refractivity contribution in [3.63, 3.8) is 0 Å². The Balaban J connectivity index is 2.94. The molecule has 3 nitrogen and oxygen atoms in total. The van der Waals surface area contributed by atoms with Gasteiger partial charge in [-0.3, -0.25) is 9.59 Å². The smallest absolute Gasteiger partial charge is 0.311 e. The zero-order valence-electron chi connectivity index (χ0n) is 9.42. The van der Waals surface area contributed by atoms with Crippen molar-refractivity contribution in [3.05, 3.63) is 24.0 Å². The average Bonchev–Trinajstić information content (AvgIpc) is 2.12. The van der Waals surface area contributed by atoms with Crippen molar-refractivity contribution in [2.24, 2.45) is 5.41 Å². The molecule has 0 saturated heterocycles. The van der Waals surface area contributed by atoms with Gasteiger partial charge in [-0.1, -0.05) is 27.4 Å². The summed E-state index contributed by atoms with van der Waals surface area (Å²) in [6.45, 7) is 9.34. The number of rotatable bonds is 2. The summed E-state index contributed by atoms with van der Waals surface area (Å²) in [5.74, 6) is -0.515. The minimum Gasteiger partial charge on any atom is -0.423 e. The molecule has 0 N–H and O–H groups in total. The van der Waals surface area contributed by atoms with Crippen molar-refractivity contribution in [2.75, 3.05) is 0 Å². The standard InChI is InChI=1S/C12H16O3/c1-5-10(13)15-9-7-12(3,4)6-8(2)11(9)14/h7H,2,5-6H2,1,3-4H3. The number of ether oxygens (including phenoxy) is 1. The van der Waals surface area contributed by atoms with Gasteiger partial charge in [-0.2, -0.15) is 0 Å². The van der Waals surface area contributed by atoms with E-state index in [-0.39, 0.29) is 29.3 Å². The highest BCUT2D eigenvalue weighted by Crippen LogP contribution is 2.34. The minimum atomic E-state index is -0.389. The summed E-state index contributed by atoms with van der Waals surface area (Å²) in [6.07, 6.45) is 2.58. The van der Waals surface area contributed by atoms with Crippen LogP contribution < -0.4 is 0 Å². The summed E-state index contributed by atoms with van der Waals surface area (Å²) in [7, 11) is 0. The van der Waals surface area contributed by atoms with Crippen LogP contribution in [0.3, 0.4) is 0 Å². The van der Waals surface area contributed by atoms with Crippen molar-refractivity contribution in [1.82, 2.24) is 0 Å². The fraction of sp³-hybridized carbons (Fsp3) is 0.500. The zero-order valence-corrected chi connectivity index (χ0v) is 9.42. The van der Waals surface area contributed by atoms with Crippen molar-refractivity contribution in [1.29, 1.82) is 0 Å². The number of allylic oxidation sites excluding steroid dienone is 2. The first kappa shape index (κ1) is 11.7. The quantitative estimate of drug-likeness (QED) is 0.517. The summed E-state index contributed by atoms with van der Waals surface area (Å²) in [4.78, 5) is 22.7. The lowest BCUT2D eigenvalue weighted by Crippen LogP contribution is -2.24. The van der Waals surface area contributed by atoms with Crippen LogP contribution in [0.2, 0.25) is 0 Å². The van der Waals surface area contributed by atoms with Gasteiger partial charge >= 0.3 is 5.97 Å². The molecule has 0 aromatic rings. The number of ketones is 1. The van der Waals surface area contributed by atoms with Crippen molar-refractivity contribution in [2.45, 2.75) is 33.6 Å². The highest BCUT2D eigenvalue weighted by atomic mass is 16.5. The van der Waals surface area contributed by atoms with Crippen LogP contribution in [0.15, 0.2) is 24.0 Å². The molecule has 15 heavy (non-hydrogen) atoms. The SMILES string of the molecule is C=C1CC(C)(C)C=C(OC(=O)CC)C1=O. The monoisotopic (exact) mass is 208 g/mol. The van der Waals surface area contributed by atoms with Crippen molar-refractivity contribution in [3.8, 4) is 0 Å². The first-order valence-electron chi connectivity index (χ1n) is 5.02. The lowest BCUT2D eigenvalue weighted by molar-refractivity contribution is -0.142. The van der Waals surface area contributed by atoms with Crippen LogP contribution in [0, 0.1) is 5.41 Å². The third kappa shape index (κ3) is 2.78. The molecule has 0 heterocycles. The number of Topliss-reactive ketones (excluding diaryl/α,β-unsaturated/α-hetero) is 1. The first-order valence-corrected chi connectivity index (χ1v) is 5.02. The topological polar surface area (TPSA) is 43.4 Å². The van der Waals surface area contributed by atoms with Gasteiger partial charge in [0.25, 0.3) is 0 Å². The summed E-state index contributed by atoms with van der Waals surface area (Å²) in [6, 6.07) is 0. The van der Waals surface area contributed by atoms with E-state index in [0.29, 0.717) is 12.0 Å². The number of hydrogen-bond acceptors (Lipinski definition) is 3. The Bertz CT molecular complexity index is 348. The Morgan fingerprint density at radius 2 is 2.20 bits per heavy atom. The van der Waals surface area contributed by atoms with Crippen LogP contribution in [-0.2, 0) is 14.3 Å². The molecular formula is C12H16O3. The fourth-order valence-electron chi connectivity index (χ4n) is 1.55. The highest BCUT2D eigenvalue weighted by Gasteiger charge is 2.30. The molecule has 0 bridgehead atoms. The lowest BCUT2D eigenvalue weighted by Gasteiger charge is -2.27. The van der Waals surface area contributed by atoms with Gasteiger partial charge in [-0.15, -0.1) is 0 Å². The second-order valence-corrected chi connectivity index (χ2v) is 4.43. The highest BCUT2D eigenvalue weighted by molar-refractivity contribution is 6.08. The van der Waals surface area contributed by atoms with E-state index >= 15 is 0 Å². The summed E-state index contributed by atoms with van der Waals surface area (Å²) < 4.78 is 4.97. The van der Waals surface area contributed by atoms with E-state index in [1.165, 1.54) is 0 Å². The zero-order chi connectivity index (χ0) is 11.6. The Morgan fingerprint density at radius 3 is 2.73 bits per heavy atom. The van der Waals surface area contributed by atoms with E-state index in [1.807, 2.05) is 13.8 Å². The molecule has 82 valence electrons. The molecule has 0 atom stereocenters. The predicted octanol–water partition coefficient (Wildman–Crippen LogP) is 2.38. The molecule has 1 aliphatic rings. The maximum absolute atomic E-state index is 11.6. The summed E-state index contributed by atoms with van der Waals surface area (Å²) in [5.41, 5.74) is 0.329. The van der Waals surface area contributed by atoms with E-state index in [4.69, 9.17) is 4.74 Å². The molecule has 0 radical (unpaired) electrons. The van der Waals surface area contributed by atoms with E-state index in [0.717, 1.165) is 0 Å². The Labute approximate surface area is 89.8 Å². The van der Waals surface area contributed by atoms with E-state index in [9.17, 15) is 9.59 Å². The van der Waals surface area contributed by atoms with Crippen molar-refractivity contribution >= 4 is 11.8 Å². The maximum Gasteiger partial charge on any atom is 0.311 e. The first-order chi connectivity index (χ1) is 6.85. The Kier molecular flexibility index (Phi) is 3.12. The van der Waals surface area contributed by atoms with E-state index < -0.39 is 0 Å². The fourth-order valence-corrected chi connectivity index (χ4v) is 1.55. The molecular weight excluding hydrogens is 192 g/mol. The normalized spacial score (nSPS) is 19.8. The van der Waals surface area contributed by atoms with Gasteiger partial charge in [0.05, 0.1) is 0 Å². The average molecular weight is 208 g/mol. The van der Waals surface area contributed by atoms with E-state index in [1.54, 1.807) is 13.0 Å². The van der Waals surface area contributed by atoms with Crippen LogP contribution in [0.4, 0.5) is 0 Å². The second kappa shape index (κ2) is 4.01. The van der Waals surface area contributed by atoms with Crippen LogP contribution in [0.1, 0.15) is 33.6 Å². The molecule has 0 aromatic heterocycles. The molecule has 0 unspecified atom stereocenters. The van der Waals surface area contributed by atoms with E-state index in [2.05, 4.69) is 6.58 Å². The van der Waals surface area contributed by atoms with Gasteiger partial charge in [0.1, 0.15) is 0 Å². The number of carbonyl (C=O) groups excluding carboxylic acids is 2. The van der Waals surface area contributed by atoms with Crippen LogP contribution in [-0.4, -0.2) is 11.8 Å². The molecule has 0 aromatic carbocycles. The molecule has 3 heteroatoms. The molecule has 1 aliphatic carbocycles. The molecule has 0 fully saturated rings. The van der Waals surface area contributed by atoms with Crippen LogP contribution >= 0.6 is 0 Å². The van der Waals surface area contributed by atoms with Crippen LogP contribution in [0.25, 0.3) is 0 Å². The Morgan fingerprint density at radius 1 is 1.60 bits per heavy atom. The second-order valence-electron chi connectivity index (χ2n) is 4.43. The van der Waals surface area contributed by atoms with Gasteiger partial charge < -0.3 is 4.74 Å². The third-order valence-electron chi connectivity index (χ3n) is 2.25. The molecule has 0 aliphatic heterocycles. The van der Waals surface area contributed by atoms with Gasteiger partial charge in [0.2, 0.25) is 5.78 Å². The van der Waals surface area contributed by atoms with Gasteiger partial charge in [-0.05, 0) is 23.5 Å². The van der Waals surface area contributed by atoms with Gasteiger partial charge in [-0.25, -0.2) is 0 Å². The van der Waals surface area contributed by atoms with Crippen LogP contribution in [0.5, 0.6) is 0 Å². The lowest BCUT2D eigenvalue weighted by atomic mass is 9.79. The largest absolute Gasteiger partial charge is 0.423 e. The molecule has 0 amide bonds.